The Kier molecular flexibility index (Phi) is 4.64. The molecule has 0 aliphatic heterocycles. The van der Waals surface area contributed by atoms with Crippen LogP contribution in [0.3, 0.4) is 0 Å². The van der Waals surface area contributed by atoms with Gasteiger partial charge in [0.1, 0.15) is 5.02 Å². The molecule has 1 rings (SSSR count). The highest BCUT2D eigenvalue weighted by atomic mass is 79.9. The van der Waals surface area contributed by atoms with E-state index >= 15 is 0 Å². The lowest BCUT2D eigenvalue weighted by molar-refractivity contribution is 0.471. The third kappa shape index (κ3) is 2.36. The first-order valence-corrected chi connectivity index (χ1v) is 5.80. The summed E-state index contributed by atoms with van der Waals surface area (Å²) >= 11 is 8.18. The lowest BCUT2D eigenvalue weighted by Gasteiger charge is -2.15. The molecule has 0 radical (unpaired) electrons. The van der Waals surface area contributed by atoms with Crippen LogP contribution in [-0.2, 0) is 0 Å². The molecule has 1 aromatic rings. The predicted octanol–water partition coefficient (Wildman–Crippen LogP) is 3.97. The fourth-order valence-electron chi connectivity index (χ4n) is 1.45. The Bertz CT molecular complexity index is 383. The molecule has 0 saturated carbocycles. The first-order chi connectivity index (χ1) is 7.41. The molecular weight excluding hydrogens is 306 g/mol. The number of nitrogens with two attached hydrogens (primary N) is 1. The normalized spacial score (nSPS) is 12.9. The highest BCUT2D eigenvalue weighted by molar-refractivity contribution is 9.10. The molecule has 0 aliphatic rings. The van der Waals surface area contributed by atoms with Gasteiger partial charge in [0.25, 0.3) is 0 Å². The molecule has 1 aromatic carbocycles. The Morgan fingerprint density at radius 3 is 2.31 bits per heavy atom. The summed E-state index contributed by atoms with van der Waals surface area (Å²) in [6.45, 7) is 1.95. The van der Waals surface area contributed by atoms with E-state index in [0.29, 0.717) is 13.0 Å². The Balaban J connectivity index is 3.39. The van der Waals surface area contributed by atoms with E-state index in [0.717, 1.165) is 0 Å². The summed E-state index contributed by atoms with van der Waals surface area (Å²) in [5.74, 6) is -3.86. The summed E-state index contributed by atoms with van der Waals surface area (Å²) in [6.07, 6.45) is 0.427. The quantitative estimate of drug-likeness (QED) is 0.662. The summed E-state index contributed by atoms with van der Waals surface area (Å²) in [6, 6.07) is 0. The van der Waals surface area contributed by atoms with Crippen LogP contribution in [0.15, 0.2) is 4.47 Å². The van der Waals surface area contributed by atoms with E-state index in [1.807, 2.05) is 0 Å². The lowest BCUT2D eigenvalue weighted by Crippen LogP contribution is -2.09. The van der Waals surface area contributed by atoms with Crippen molar-refractivity contribution in [1.82, 2.24) is 0 Å². The van der Waals surface area contributed by atoms with E-state index in [-0.39, 0.29) is 16.0 Å². The van der Waals surface area contributed by atoms with Crippen LogP contribution in [0.2, 0.25) is 5.02 Å². The molecule has 0 fully saturated rings. The van der Waals surface area contributed by atoms with Gasteiger partial charge in [-0.2, -0.15) is 0 Å². The monoisotopic (exact) mass is 315 g/mol. The third-order valence-corrected chi connectivity index (χ3v) is 3.44. The van der Waals surface area contributed by atoms with Crippen LogP contribution in [0.4, 0.5) is 13.2 Å². The molecule has 0 bridgehead atoms. The van der Waals surface area contributed by atoms with Gasteiger partial charge in [-0.15, -0.1) is 0 Å². The van der Waals surface area contributed by atoms with Crippen LogP contribution in [0.5, 0.6) is 0 Å². The van der Waals surface area contributed by atoms with Gasteiger partial charge in [-0.1, -0.05) is 18.5 Å². The molecule has 0 amide bonds. The SMILES string of the molecule is CC(CCN)c1c(F)c(F)c(Cl)c(F)c1Br. The van der Waals surface area contributed by atoms with Crippen molar-refractivity contribution in [2.75, 3.05) is 6.54 Å². The number of hydrogen-bond donors (Lipinski definition) is 1. The van der Waals surface area contributed by atoms with Crippen LogP contribution in [0.1, 0.15) is 24.8 Å². The molecule has 0 saturated heterocycles. The molecule has 0 heterocycles. The average molecular weight is 317 g/mol. The average Bonchev–Trinajstić information content (AvgIpc) is 2.24. The van der Waals surface area contributed by atoms with Crippen molar-refractivity contribution in [2.45, 2.75) is 19.3 Å². The Labute approximate surface area is 105 Å². The highest BCUT2D eigenvalue weighted by Crippen LogP contribution is 2.37. The standard InChI is InChI=1S/C10H10BrClF3N/c1-4(2-3-16)5-6(11)9(14)7(12)10(15)8(5)13/h4H,2-3,16H2,1H3. The van der Waals surface area contributed by atoms with Gasteiger partial charge in [-0.3, -0.25) is 0 Å². The Morgan fingerprint density at radius 2 is 1.81 bits per heavy atom. The summed E-state index contributed by atoms with van der Waals surface area (Å²) in [5, 5.41) is -0.840. The van der Waals surface area contributed by atoms with Crippen LogP contribution >= 0.6 is 27.5 Å². The number of halogens is 5. The maximum atomic E-state index is 13.6. The summed E-state index contributed by atoms with van der Waals surface area (Å²) in [7, 11) is 0. The van der Waals surface area contributed by atoms with Crippen LogP contribution in [-0.4, -0.2) is 6.54 Å². The molecule has 1 nitrogen and oxygen atoms in total. The van der Waals surface area contributed by atoms with E-state index in [4.69, 9.17) is 17.3 Å². The van der Waals surface area contributed by atoms with E-state index in [1.165, 1.54) is 0 Å². The molecule has 1 atom stereocenters. The minimum absolute atomic E-state index is 0.0650. The van der Waals surface area contributed by atoms with Crippen LogP contribution < -0.4 is 5.73 Å². The van der Waals surface area contributed by atoms with Gasteiger partial charge in [0.05, 0.1) is 4.47 Å². The van der Waals surface area contributed by atoms with Gasteiger partial charge >= 0.3 is 0 Å². The summed E-state index contributed by atoms with van der Waals surface area (Å²) in [5.41, 5.74) is 5.26. The summed E-state index contributed by atoms with van der Waals surface area (Å²) in [4.78, 5) is 0. The van der Waals surface area contributed by atoms with Gasteiger partial charge in [0, 0.05) is 5.56 Å². The fourth-order valence-corrected chi connectivity index (χ4v) is 2.50. The van der Waals surface area contributed by atoms with Crippen LogP contribution in [0, 0.1) is 17.5 Å². The fraction of sp³-hybridized carbons (Fsp3) is 0.400. The second kappa shape index (κ2) is 5.38. The van der Waals surface area contributed by atoms with Gasteiger partial charge in [-0.05, 0) is 34.8 Å². The van der Waals surface area contributed by atoms with Crippen molar-refractivity contribution in [3.8, 4) is 0 Å². The lowest BCUT2D eigenvalue weighted by atomic mass is 9.97. The maximum absolute atomic E-state index is 13.6. The van der Waals surface area contributed by atoms with Crippen LogP contribution in [0.25, 0.3) is 0 Å². The van der Waals surface area contributed by atoms with Crippen molar-refractivity contribution in [3.05, 3.63) is 32.5 Å². The number of benzene rings is 1. The Morgan fingerprint density at radius 1 is 1.25 bits per heavy atom. The summed E-state index contributed by atoms with van der Waals surface area (Å²) < 4.78 is 40.1. The minimum Gasteiger partial charge on any atom is -0.330 e. The zero-order valence-electron chi connectivity index (χ0n) is 8.46. The van der Waals surface area contributed by atoms with Gasteiger partial charge in [0.2, 0.25) is 0 Å². The first-order valence-electron chi connectivity index (χ1n) is 4.63. The second-order valence-electron chi connectivity index (χ2n) is 3.46. The molecule has 2 N–H and O–H groups in total. The van der Waals surface area contributed by atoms with Gasteiger partial charge < -0.3 is 5.73 Å². The van der Waals surface area contributed by atoms with E-state index in [2.05, 4.69) is 15.9 Å². The van der Waals surface area contributed by atoms with Gasteiger partial charge in [-0.25, -0.2) is 13.2 Å². The van der Waals surface area contributed by atoms with Crippen molar-refractivity contribution in [2.24, 2.45) is 5.73 Å². The largest absolute Gasteiger partial charge is 0.330 e. The predicted molar refractivity (Wildman–Crippen MR) is 61.1 cm³/mol. The zero-order chi connectivity index (χ0) is 12.5. The molecule has 16 heavy (non-hydrogen) atoms. The van der Waals surface area contributed by atoms with Gasteiger partial charge in [0.15, 0.2) is 17.5 Å². The zero-order valence-corrected chi connectivity index (χ0v) is 10.8. The number of hydrogen-bond acceptors (Lipinski definition) is 1. The topological polar surface area (TPSA) is 26.0 Å². The van der Waals surface area contributed by atoms with Crippen molar-refractivity contribution in [1.29, 1.82) is 0 Å². The van der Waals surface area contributed by atoms with E-state index in [1.54, 1.807) is 6.92 Å². The first kappa shape index (κ1) is 13.8. The second-order valence-corrected chi connectivity index (χ2v) is 4.63. The molecule has 0 spiro atoms. The smallest absolute Gasteiger partial charge is 0.180 e. The third-order valence-electron chi connectivity index (χ3n) is 2.34. The minimum atomic E-state index is -1.36. The molecule has 0 aromatic heterocycles. The Hall–Kier alpha value is -0.260. The number of rotatable bonds is 3. The van der Waals surface area contributed by atoms with Crippen molar-refractivity contribution in [3.63, 3.8) is 0 Å². The van der Waals surface area contributed by atoms with Crippen molar-refractivity contribution >= 4 is 27.5 Å². The molecular formula is C10H10BrClF3N. The van der Waals surface area contributed by atoms with Crippen molar-refractivity contribution < 1.29 is 13.2 Å². The maximum Gasteiger partial charge on any atom is 0.180 e. The molecule has 0 aliphatic carbocycles. The van der Waals surface area contributed by atoms with E-state index < -0.39 is 22.5 Å². The van der Waals surface area contributed by atoms with E-state index in [9.17, 15) is 13.2 Å². The molecule has 6 heteroatoms. The molecule has 1 unspecified atom stereocenters. The highest BCUT2D eigenvalue weighted by Gasteiger charge is 2.25. The molecule has 90 valence electrons.